The van der Waals surface area contributed by atoms with Gasteiger partial charge in [0.1, 0.15) is 18.6 Å². The van der Waals surface area contributed by atoms with Crippen LogP contribution in [0.5, 0.6) is 0 Å². The summed E-state index contributed by atoms with van der Waals surface area (Å²) < 4.78 is 0. The molecule has 2 atom stereocenters. The molecule has 0 radical (unpaired) electrons. The molecule has 0 aliphatic carbocycles. The third kappa shape index (κ3) is 7.94. The summed E-state index contributed by atoms with van der Waals surface area (Å²) in [7, 11) is 0. The summed E-state index contributed by atoms with van der Waals surface area (Å²) in [5.41, 5.74) is 5.12. The van der Waals surface area contributed by atoms with Crippen LogP contribution < -0.4 is 11.1 Å². The van der Waals surface area contributed by atoms with Crippen LogP contribution in [0.3, 0.4) is 0 Å². The number of carbonyl (C=O) groups excluding carboxylic acids is 2. The van der Waals surface area contributed by atoms with Gasteiger partial charge in [-0.1, -0.05) is 0 Å². The molecule has 2 unspecified atom stereocenters. The Balaban J connectivity index is 5.69. The van der Waals surface area contributed by atoms with Crippen molar-refractivity contribution in [2.24, 2.45) is 5.73 Å². The molecule has 0 rings (SSSR count). The van der Waals surface area contributed by atoms with E-state index in [9.17, 15) is 33.9 Å². The number of hydrogen-bond donors (Lipinski definition) is 6. The SMILES string of the molecule is NC(=O)N(C(CCC(=O)O)C(=O)O)C(CCC(=O)O)C(=O)NCC(=O)O. The second-order valence-electron chi connectivity index (χ2n) is 5.09. The predicted octanol–water partition coefficient (Wildman–Crippen LogP) is -1.88. The van der Waals surface area contributed by atoms with Gasteiger partial charge >= 0.3 is 29.9 Å². The van der Waals surface area contributed by atoms with Gasteiger partial charge in [0.25, 0.3) is 0 Å². The van der Waals surface area contributed by atoms with Crippen molar-refractivity contribution in [1.82, 2.24) is 10.2 Å². The first-order valence-electron chi connectivity index (χ1n) is 7.21. The van der Waals surface area contributed by atoms with Crippen LogP contribution in [0.25, 0.3) is 0 Å². The van der Waals surface area contributed by atoms with Gasteiger partial charge in [-0.3, -0.25) is 24.1 Å². The second kappa shape index (κ2) is 10.5. The van der Waals surface area contributed by atoms with E-state index in [4.69, 9.17) is 21.1 Å². The highest BCUT2D eigenvalue weighted by Crippen LogP contribution is 2.16. The summed E-state index contributed by atoms with van der Waals surface area (Å²) in [5.74, 6) is -6.94. The molecule has 0 aliphatic rings. The summed E-state index contributed by atoms with van der Waals surface area (Å²) in [6, 6.07) is -4.93. The standard InChI is InChI=1S/C13H19N3O10/c14-13(26)16(7(12(24)25)2-4-9(19)20)6(1-3-8(17)18)11(23)15-5-10(21)22/h6-7H,1-5H2,(H2,14,26)(H,15,23)(H,17,18)(H,19,20)(H,21,22)(H,24,25). The average molecular weight is 377 g/mol. The topological polar surface area (TPSA) is 225 Å². The van der Waals surface area contributed by atoms with Gasteiger partial charge in [0, 0.05) is 12.8 Å². The van der Waals surface area contributed by atoms with Crippen LogP contribution in [0.2, 0.25) is 0 Å². The molecule has 0 spiro atoms. The number of carboxylic acids is 4. The second-order valence-corrected chi connectivity index (χ2v) is 5.09. The highest BCUT2D eigenvalue weighted by molar-refractivity contribution is 5.91. The minimum absolute atomic E-state index is 0.353. The fourth-order valence-corrected chi connectivity index (χ4v) is 2.10. The molecule has 0 saturated heterocycles. The first-order valence-corrected chi connectivity index (χ1v) is 7.21. The summed E-state index contributed by atoms with van der Waals surface area (Å²) in [6.45, 7) is -0.859. The quantitative estimate of drug-likeness (QED) is 0.222. The Bertz CT molecular complexity index is 591. The zero-order valence-electron chi connectivity index (χ0n) is 13.5. The molecule has 13 heteroatoms. The smallest absolute Gasteiger partial charge is 0.326 e. The monoisotopic (exact) mass is 377 g/mol. The number of hydrogen-bond acceptors (Lipinski definition) is 6. The van der Waals surface area contributed by atoms with Gasteiger partial charge in [-0.05, 0) is 12.8 Å². The number of nitrogens with one attached hydrogen (secondary N) is 1. The van der Waals surface area contributed by atoms with Crippen molar-refractivity contribution >= 4 is 35.8 Å². The van der Waals surface area contributed by atoms with Crippen molar-refractivity contribution in [3.8, 4) is 0 Å². The van der Waals surface area contributed by atoms with Crippen LogP contribution in [0.1, 0.15) is 25.7 Å². The van der Waals surface area contributed by atoms with E-state index < -0.39 is 80.1 Å². The van der Waals surface area contributed by atoms with Crippen molar-refractivity contribution in [1.29, 1.82) is 0 Å². The zero-order valence-corrected chi connectivity index (χ0v) is 13.5. The maximum absolute atomic E-state index is 12.1. The van der Waals surface area contributed by atoms with Crippen molar-refractivity contribution in [3.63, 3.8) is 0 Å². The number of primary amides is 1. The molecular formula is C13H19N3O10. The van der Waals surface area contributed by atoms with Gasteiger partial charge < -0.3 is 31.5 Å². The molecule has 0 saturated carbocycles. The zero-order chi connectivity index (χ0) is 20.4. The van der Waals surface area contributed by atoms with E-state index in [0.29, 0.717) is 4.90 Å². The Hall–Kier alpha value is -3.38. The Morgan fingerprint density at radius 1 is 0.808 bits per heavy atom. The summed E-state index contributed by atoms with van der Waals surface area (Å²) in [5, 5.41) is 37.2. The lowest BCUT2D eigenvalue weighted by Crippen LogP contribution is -2.58. The fraction of sp³-hybridized carbons (Fsp3) is 0.538. The number of carbonyl (C=O) groups is 6. The van der Waals surface area contributed by atoms with Crippen molar-refractivity contribution < 1.29 is 49.2 Å². The highest BCUT2D eigenvalue weighted by Gasteiger charge is 2.38. The van der Waals surface area contributed by atoms with E-state index in [1.807, 2.05) is 5.32 Å². The predicted molar refractivity (Wildman–Crippen MR) is 81.0 cm³/mol. The van der Waals surface area contributed by atoms with E-state index in [1.165, 1.54) is 0 Å². The van der Waals surface area contributed by atoms with E-state index >= 15 is 0 Å². The summed E-state index contributed by atoms with van der Waals surface area (Å²) in [6.07, 6.45) is -2.46. The van der Waals surface area contributed by atoms with Crippen LogP contribution in [0.15, 0.2) is 0 Å². The molecule has 7 N–H and O–H groups in total. The summed E-state index contributed by atoms with van der Waals surface area (Å²) >= 11 is 0. The van der Waals surface area contributed by atoms with Crippen molar-refractivity contribution in [2.45, 2.75) is 37.8 Å². The highest BCUT2D eigenvalue weighted by atomic mass is 16.4. The van der Waals surface area contributed by atoms with Gasteiger partial charge in [-0.2, -0.15) is 0 Å². The Morgan fingerprint density at radius 3 is 1.62 bits per heavy atom. The van der Waals surface area contributed by atoms with Crippen LogP contribution >= 0.6 is 0 Å². The maximum atomic E-state index is 12.1. The molecule has 0 aromatic rings. The van der Waals surface area contributed by atoms with Gasteiger partial charge in [0.2, 0.25) is 5.91 Å². The van der Waals surface area contributed by atoms with Crippen LogP contribution in [0, 0.1) is 0 Å². The van der Waals surface area contributed by atoms with E-state index in [0.717, 1.165) is 0 Å². The van der Waals surface area contributed by atoms with E-state index in [2.05, 4.69) is 0 Å². The number of aliphatic carboxylic acids is 4. The number of amides is 3. The maximum Gasteiger partial charge on any atom is 0.326 e. The lowest BCUT2D eigenvalue weighted by Gasteiger charge is -2.33. The van der Waals surface area contributed by atoms with Gasteiger partial charge in [0.15, 0.2) is 0 Å². The Labute approximate surface area is 146 Å². The number of carboxylic acid groups (broad SMARTS) is 4. The minimum Gasteiger partial charge on any atom is -0.481 e. The number of nitrogens with two attached hydrogens (primary N) is 1. The van der Waals surface area contributed by atoms with Crippen LogP contribution in [-0.2, 0) is 24.0 Å². The largest absolute Gasteiger partial charge is 0.481 e. The van der Waals surface area contributed by atoms with Crippen molar-refractivity contribution in [2.75, 3.05) is 6.54 Å². The molecule has 26 heavy (non-hydrogen) atoms. The van der Waals surface area contributed by atoms with Crippen molar-refractivity contribution in [3.05, 3.63) is 0 Å². The fourth-order valence-electron chi connectivity index (χ4n) is 2.10. The minimum atomic E-state index is -1.82. The molecule has 0 aromatic heterocycles. The molecule has 0 aromatic carbocycles. The average Bonchev–Trinajstić information content (AvgIpc) is 2.49. The number of rotatable bonds is 12. The molecular weight excluding hydrogens is 358 g/mol. The normalized spacial score (nSPS) is 12.5. The molecule has 0 bridgehead atoms. The molecule has 13 nitrogen and oxygen atoms in total. The van der Waals surface area contributed by atoms with Gasteiger partial charge in [-0.25, -0.2) is 9.59 Å². The molecule has 0 fully saturated rings. The first-order chi connectivity index (χ1) is 12.0. The Morgan fingerprint density at radius 2 is 1.27 bits per heavy atom. The van der Waals surface area contributed by atoms with Crippen LogP contribution in [-0.4, -0.2) is 79.8 Å². The van der Waals surface area contributed by atoms with Gasteiger partial charge in [-0.15, -0.1) is 0 Å². The Kier molecular flexibility index (Phi) is 9.12. The lowest BCUT2D eigenvalue weighted by molar-refractivity contribution is -0.146. The molecule has 0 heterocycles. The number of nitrogens with zero attached hydrogens (tertiary/aromatic N) is 1. The third-order valence-electron chi connectivity index (χ3n) is 3.19. The third-order valence-corrected chi connectivity index (χ3v) is 3.19. The number of urea groups is 1. The first kappa shape index (κ1) is 22.6. The molecule has 0 aliphatic heterocycles. The van der Waals surface area contributed by atoms with Crippen LogP contribution in [0.4, 0.5) is 4.79 Å². The summed E-state index contributed by atoms with van der Waals surface area (Å²) in [4.78, 5) is 67.6. The van der Waals surface area contributed by atoms with Gasteiger partial charge in [0.05, 0.1) is 0 Å². The molecule has 3 amide bonds. The van der Waals surface area contributed by atoms with E-state index in [1.54, 1.807) is 0 Å². The van der Waals surface area contributed by atoms with E-state index in [-0.39, 0.29) is 0 Å². The molecule has 146 valence electrons. The lowest BCUT2D eigenvalue weighted by atomic mass is 10.0.